The number of rotatable bonds is 7. The van der Waals surface area contributed by atoms with Crippen molar-refractivity contribution in [1.29, 1.82) is 0 Å². The quantitative estimate of drug-likeness (QED) is 0.783. The van der Waals surface area contributed by atoms with E-state index in [0.717, 1.165) is 48.4 Å². The Balaban J connectivity index is 2.26. The summed E-state index contributed by atoms with van der Waals surface area (Å²) in [6.07, 6.45) is 3.00. The van der Waals surface area contributed by atoms with E-state index in [-0.39, 0.29) is 6.04 Å². The first kappa shape index (κ1) is 19.4. The Morgan fingerprint density at radius 1 is 0.963 bits per heavy atom. The summed E-state index contributed by atoms with van der Waals surface area (Å²) in [6, 6.07) is 8.58. The highest BCUT2D eigenvalue weighted by atomic mass is 16.5. The predicted octanol–water partition coefficient (Wildman–Crippen LogP) is 4.37. The van der Waals surface area contributed by atoms with Gasteiger partial charge in [0.05, 0.1) is 28.4 Å². The number of methoxy groups -OCH3 is 4. The molecule has 0 saturated heterocycles. The lowest BCUT2D eigenvalue weighted by atomic mass is 9.93. The molecule has 2 aromatic rings. The lowest BCUT2D eigenvalue weighted by Gasteiger charge is -2.21. The molecular weight excluding hydrogens is 342 g/mol. The van der Waals surface area contributed by atoms with E-state index in [1.54, 1.807) is 28.4 Å². The summed E-state index contributed by atoms with van der Waals surface area (Å²) in [6.45, 7) is 3.16. The summed E-state index contributed by atoms with van der Waals surface area (Å²) in [5, 5.41) is 3.69. The minimum Gasteiger partial charge on any atom is -0.497 e. The first-order chi connectivity index (χ1) is 13.2. The zero-order valence-electron chi connectivity index (χ0n) is 16.8. The van der Waals surface area contributed by atoms with Crippen LogP contribution in [-0.4, -0.2) is 35.0 Å². The summed E-state index contributed by atoms with van der Waals surface area (Å²) < 4.78 is 22.5. The molecule has 0 saturated carbocycles. The van der Waals surface area contributed by atoms with Gasteiger partial charge in [0.15, 0.2) is 11.5 Å². The van der Waals surface area contributed by atoms with Crippen LogP contribution in [0.5, 0.6) is 23.0 Å². The average molecular weight is 371 g/mol. The van der Waals surface area contributed by atoms with Crippen LogP contribution >= 0.6 is 0 Å². The highest BCUT2D eigenvalue weighted by Gasteiger charge is 2.28. The molecule has 0 aromatic heterocycles. The van der Waals surface area contributed by atoms with Crippen molar-refractivity contribution in [2.75, 3.05) is 35.0 Å². The van der Waals surface area contributed by atoms with Crippen molar-refractivity contribution in [3.63, 3.8) is 0 Å². The molecule has 3 rings (SSSR count). The number of ether oxygens (including phenoxy) is 4. The van der Waals surface area contributed by atoms with E-state index in [9.17, 15) is 0 Å². The van der Waals surface area contributed by atoms with Gasteiger partial charge in [-0.3, -0.25) is 0 Å². The predicted molar refractivity (Wildman–Crippen MR) is 107 cm³/mol. The molecule has 5 nitrogen and oxygen atoms in total. The third-order valence-corrected chi connectivity index (χ3v) is 5.16. The maximum atomic E-state index is 5.81. The molecule has 0 spiro atoms. The fraction of sp³-hybridized carbons (Fsp3) is 0.455. The van der Waals surface area contributed by atoms with Gasteiger partial charge in [-0.15, -0.1) is 0 Å². The number of benzene rings is 2. The maximum Gasteiger partial charge on any atom is 0.203 e. The Morgan fingerprint density at radius 2 is 1.74 bits per heavy atom. The van der Waals surface area contributed by atoms with E-state index >= 15 is 0 Å². The van der Waals surface area contributed by atoms with Gasteiger partial charge in [-0.25, -0.2) is 0 Å². The van der Waals surface area contributed by atoms with Gasteiger partial charge in [-0.05, 0) is 60.7 Å². The number of nitrogens with one attached hydrogen (secondary N) is 1. The lowest BCUT2D eigenvalue weighted by Crippen LogP contribution is -2.22. The Morgan fingerprint density at radius 3 is 2.37 bits per heavy atom. The molecule has 2 aromatic carbocycles. The van der Waals surface area contributed by atoms with Crippen LogP contribution in [0.3, 0.4) is 0 Å². The second kappa shape index (κ2) is 8.53. The molecular formula is C22H29NO4. The average Bonchev–Trinajstić information content (AvgIpc) is 2.86. The number of hydrogen-bond donors (Lipinski definition) is 1. The Bertz CT molecular complexity index is 803. The van der Waals surface area contributed by atoms with Gasteiger partial charge < -0.3 is 24.3 Å². The highest BCUT2D eigenvalue weighted by molar-refractivity contribution is 5.83. The number of hydrogen-bond acceptors (Lipinski definition) is 5. The normalized spacial score (nSPS) is 15.4. The Kier molecular flexibility index (Phi) is 6.11. The van der Waals surface area contributed by atoms with Gasteiger partial charge in [0.25, 0.3) is 0 Å². The van der Waals surface area contributed by atoms with Gasteiger partial charge >= 0.3 is 0 Å². The standard InChI is InChI=1S/C22H29NO4/c1-6-11-23-18-10-7-14-12-19(25-3)21(26-4)22(27-5)20(14)16-9-8-15(24-2)13-17(16)18/h8-9,12-13,18,23H,6-7,10-11H2,1-5H3/t18-/m0/s1. The van der Waals surface area contributed by atoms with Gasteiger partial charge in [0.1, 0.15) is 5.75 Å². The van der Waals surface area contributed by atoms with Crippen molar-refractivity contribution in [2.24, 2.45) is 0 Å². The minimum atomic E-state index is 0.254. The van der Waals surface area contributed by atoms with Crippen LogP contribution in [-0.2, 0) is 6.42 Å². The summed E-state index contributed by atoms with van der Waals surface area (Å²) in [5.41, 5.74) is 4.66. The van der Waals surface area contributed by atoms with Crippen LogP contribution in [0, 0.1) is 0 Å². The van der Waals surface area contributed by atoms with E-state index in [0.29, 0.717) is 11.5 Å². The second-order valence-corrected chi connectivity index (χ2v) is 6.68. The largest absolute Gasteiger partial charge is 0.497 e. The van der Waals surface area contributed by atoms with Crippen LogP contribution in [0.1, 0.15) is 36.9 Å². The fourth-order valence-electron chi connectivity index (χ4n) is 3.87. The third kappa shape index (κ3) is 3.56. The fourth-order valence-corrected chi connectivity index (χ4v) is 3.87. The molecule has 1 N–H and O–H groups in total. The molecule has 1 aliphatic rings. The van der Waals surface area contributed by atoms with Crippen molar-refractivity contribution < 1.29 is 18.9 Å². The van der Waals surface area contributed by atoms with Crippen LogP contribution in [0.4, 0.5) is 0 Å². The van der Waals surface area contributed by atoms with E-state index in [1.807, 2.05) is 6.07 Å². The zero-order valence-corrected chi connectivity index (χ0v) is 16.8. The van der Waals surface area contributed by atoms with E-state index < -0.39 is 0 Å². The number of aryl methyl sites for hydroxylation is 1. The summed E-state index contributed by atoms with van der Waals surface area (Å²) >= 11 is 0. The van der Waals surface area contributed by atoms with Crippen molar-refractivity contribution >= 4 is 0 Å². The molecule has 5 heteroatoms. The van der Waals surface area contributed by atoms with Gasteiger partial charge in [-0.1, -0.05) is 13.0 Å². The molecule has 0 bridgehead atoms. The maximum absolute atomic E-state index is 5.81. The zero-order chi connectivity index (χ0) is 19.4. The van der Waals surface area contributed by atoms with Crippen LogP contribution in [0.15, 0.2) is 24.3 Å². The first-order valence-electron chi connectivity index (χ1n) is 9.41. The van der Waals surface area contributed by atoms with Gasteiger partial charge in [0.2, 0.25) is 5.75 Å². The van der Waals surface area contributed by atoms with Crippen molar-refractivity contribution in [3.8, 4) is 34.1 Å². The third-order valence-electron chi connectivity index (χ3n) is 5.16. The Hall–Kier alpha value is -2.40. The first-order valence-corrected chi connectivity index (χ1v) is 9.41. The topological polar surface area (TPSA) is 49.0 Å². The van der Waals surface area contributed by atoms with Crippen LogP contribution in [0.25, 0.3) is 11.1 Å². The summed E-state index contributed by atoms with van der Waals surface area (Å²) in [5.74, 6) is 2.90. The summed E-state index contributed by atoms with van der Waals surface area (Å²) in [4.78, 5) is 0. The molecule has 1 atom stereocenters. The molecule has 0 aliphatic heterocycles. The smallest absolute Gasteiger partial charge is 0.203 e. The lowest BCUT2D eigenvalue weighted by molar-refractivity contribution is 0.324. The molecule has 0 amide bonds. The second-order valence-electron chi connectivity index (χ2n) is 6.68. The molecule has 0 unspecified atom stereocenters. The van der Waals surface area contributed by atoms with Gasteiger partial charge in [0, 0.05) is 11.6 Å². The van der Waals surface area contributed by atoms with E-state index in [4.69, 9.17) is 18.9 Å². The molecule has 0 fully saturated rings. The van der Waals surface area contributed by atoms with Crippen LogP contribution < -0.4 is 24.3 Å². The minimum absolute atomic E-state index is 0.254. The molecule has 0 radical (unpaired) electrons. The monoisotopic (exact) mass is 371 g/mol. The molecule has 0 heterocycles. The van der Waals surface area contributed by atoms with Crippen molar-refractivity contribution in [1.82, 2.24) is 5.32 Å². The number of fused-ring (bicyclic) bond motifs is 3. The van der Waals surface area contributed by atoms with E-state index in [1.165, 1.54) is 11.1 Å². The SMILES string of the molecule is CCCN[C@H]1CCc2cc(OC)c(OC)c(OC)c2-c2ccc(OC)cc21. The summed E-state index contributed by atoms with van der Waals surface area (Å²) in [7, 11) is 6.68. The van der Waals surface area contributed by atoms with Crippen molar-refractivity contribution in [3.05, 3.63) is 35.4 Å². The highest BCUT2D eigenvalue weighted by Crippen LogP contribution is 2.50. The molecule has 1 aliphatic carbocycles. The van der Waals surface area contributed by atoms with E-state index in [2.05, 4.69) is 30.4 Å². The molecule has 27 heavy (non-hydrogen) atoms. The molecule has 146 valence electrons. The van der Waals surface area contributed by atoms with Gasteiger partial charge in [-0.2, -0.15) is 0 Å². The Labute approximate surface area is 161 Å². The van der Waals surface area contributed by atoms with Crippen LogP contribution in [0.2, 0.25) is 0 Å². The van der Waals surface area contributed by atoms with Crippen molar-refractivity contribution in [2.45, 2.75) is 32.2 Å².